The molecule has 0 radical (unpaired) electrons. The quantitative estimate of drug-likeness (QED) is 0.835. The van der Waals surface area contributed by atoms with Crippen LogP contribution in [0.15, 0.2) is 24.3 Å². The summed E-state index contributed by atoms with van der Waals surface area (Å²) in [5.74, 6) is 0.884. The van der Waals surface area contributed by atoms with Gasteiger partial charge in [0.05, 0.1) is 19.3 Å². The first-order chi connectivity index (χ1) is 9.09. The number of morpholine rings is 1. The summed E-state index contributed by atoms with van der Waals surface area (Å²) in [6, 6.07) is 8.00. The van der Waals surface area contributed by atoms with Crippen molar-refractivity contribution < 1.29 is 14.6 Å². The third-order valence-electron chi connectivity index (χ3n) is 4.06. The number of para-hydroxylation sites is 1. The Labute approximate surface area is 113 Å². The highest BCUT2D eigenvalue weighted by Gasteiger charge is 2.45. The highest BCUT2D eigenvalue weighted by Crippen LogP contribution is 2.42. The number of hydrogen-bond donors (Lipinski definition) is 1. The minimum atomic E-state index is -0.572. The van der Waals surface area contributed by atoms with Crippen LogP contribution in [0, 0.1) is 0 Å². The molecule has 0 amide bonds. The first-order valence-corrected chi connectivity index (χ1v) is 6.87. The first-order valence-electron chi connectivity index (χ1n) is 6.87. The van der Waals surface area contributed by atoms with Crippen molar-refractivity contribution in [3.63, 3.8) is 0 Å². The van der Waals surface area contributed by atoms with Gasteiger partial charge in [0.1, 0.15) is 17.5 Å². The summed E-state index contributed by atoms with van der Waals surface area (Å²) in [6.45, 7) is 7.06. The molecule has 19 heavy (non-hydrogen) atoms. The van der Waals surface area contributed by atoms with Gasteiger partial charge in [0.2, 0.25) is 0 Å². The van der Waals surface area contributed by atoms with Crippen LogP contribution in [0.1, 0.15) is 25.5 Å². The first kappa shape index (κ1) is 12.9. The third kappa shape index (κ3) is 2.24. The van der Waals surface area contributed by atoms with Crippen LogP contribution in [0.4, 0.5) is 0 Å². The molecule has 0 aliphatic carbocycles. The van der Waals surface area contributed by atoms with Crippen molar-refractivity contribution in [3.05, 3.63) is 29.8 Å². The summed E-state index contributed by atoms with van der Waals surface area (Å²) in [4.78, 5) is 2.30. The largest absolute Gasteiger partial charge is 0.485 e. The van der Waals surface area contributed by atoms with E-state index < -0.39 is 11.7 Å². The number of ether oxygens (including phenoxy) is 2. The molecule has 0 aromatic heterocycles. The van der Waals surface area contributed by atoms with E-state index in [1.54, 1.807) is 0 Å². The summed E-state index contributed by atoms with van der Waals surface area (Å²) in [5, 5.41) is 10.7. The molecular weight excluding hydrogens is 242 g/mol. The van der Waals surface area contributed by atoms with Gasteiger partial charge in [0.25, 0.3) is 0 Å². The Bertz CT molecular complexity index is 454. The zero-order valence-corrected chi connectivity index (χ0v) is 11.5. The van der Waals surface area contributed by atoms with Gasteiger partial charge in [0.15, 0.2) is 0 Å². The summed E-state index contributed by atoms with van der Waals surface area (Å²) in [6.07, 6.45) is -0.541. The fourth-order valence-corrected chi connectivity index (χ4v) is 2.96. The molecule has 0 saturated carbocycles. The molecule has 3 rings (SSSR count). The molecule has 104 valence electrons. The monoisotopic (exact) mass is 263 g/mol. The SMILES string of the molecule is CC1(C)Oc2ccccc2C(N2CCOCC2)C1O. The van der Waals surface area contributed by atoms with E-state index in [2.05, 4.69) is 4.90 Å². The highest BCUT2D eigenvalue weighted by atomic mass is 16.5. The zero-order chi connectivity index (χ0) is 13.5. The van der Waals surface area contributed by atoms with Gasteiger partial charge in [-0.15, -0.1) is 0 Å². The van der Waals surface area contributed by atoms with E-state index >= 15 is 0 Å². The van der Waals surface area contributed by atoms with Crippen LogP contribution in [0.3, 0.4) is 0 Å². The van der Waals surface area contributed by atoms with Crippen LogP contribution < -0.4 is 4.74 Å². The summed E-state index contributed by atoms with van der Waals surface area (Å²) >= 11 is 0. The summed E-state index contributed by atoms with van der Waals surface area (Å²) < 4.78 is 11.4. The van der Waals surface area contributed by atoms with E-state index in [0.29, 0.717) is 0 Å². The topological polar surface area (TPSA) is 41.9 Å². The molecule has 1 saturated heterocycles. The van der Waals surface area contributed by atoms with Crippen molar-refractivity contribution in [1.29, 1.82) is 0 Å². The smallest absolute Gasteiger partial charge is 0.131 e. The lowest BCUT2D eigenvalue weighted by molar-refractivity contribution is -0.108. The molecule has 2 aliphatic heterocycles. The molecule has 0 bridgehead atoms. The second kappa shape index (κ2) is 4.78. The van der Waals surface area contributed by atoms with Crippen molar-refractivity contribution in [2.45, 2.75) is 31.6 Å². The van der Waals surface area contributed by atoms with E-state index in [0.717, 1.165) is 37.6 Å². The molecule has 2 heterocycles. The molecule has 1 aromatic rings. The molecule has 1 N–H and O–H groups in total. The summed E-state index contributed by atoms with van der Waals surface area (Å²) in [5.41, 5.74) is 0.508. The van der Waals surface area contributed by atoms with Crippen LogP contribution in [-0.4, -0.2) is 48.0 Å². The Morgan fingerprint density at radius 1 is 1.21 bits per heavy atom. The number of nitrogens with zero attached hydrogens (tertiary/aromatic N) is 1. The maximum absolute atomic E-state index is 10.7. The van der Waals surface area contributed by atoms with Gasteiger partial charge in [-0.05, 0) is 19.9 Å². The van der Waals surface area contributed by atoms with Gasteiger partial charge < -0.3 is 14.6 Å². The standard InChI is InChI=1S/C15H21NO3/c1-15(2)14(17)13(16-7-9-18-10-8-16)11-5-3-4-6-12(11)19-15/h3-6,13-14,17H,7-10H2,1-2H3. The van der Waals surface area contributed by atoms with E-state index in [9.17, 15) is 5.11 Å². The fourth-order valence-electron chi connectivity index (χ4n) is 2.96. The molecule has 2 atom stereocenters. The average molecular weight is 263 g/mol. The van der Waals surface area contributed by atoms with Crippen molar-refractivity contribution in [3.8, 4) is 5.75 Å². The van der Waals surface area contributed by atoms with Crippen LogP contribution in [-0.2, 0) is 4.74 Å². The van der Waals surface area contributed by atoms with Crippen molar-refractivity contribution in [2.24, 2.45) is 0 Å². The number of aliphatic hydroxyl groups is 1. The molecule has 2 aliphatic rings. The van der Waals surface area contributed by atoms with E-state index in [1.165, 1.54) is 0 Å². The average Bonchev–Trinajstić information content (AvgIpc) is 2.41. The Kier molecular flexibility index (Phi) is 3.25. The number of benzene rings is 1. The Morgan fingerprint density at radius 3 is 2.63 bits per heavy atom. The van der Waals surface area contributed by atoms with Crippen molar-refractivity contribution >= 4 is 0 Å². The van der Waals surface area contributed by atoms with Gasteiger partial charge in [0, 0.05) is 18.7 Å². The van der Waals surface area contributed by atoms with Crippen molar-refractivity contribution in [2.75, 3.05) is 26.3 Å². The molecule has 4 nitrogen and oxygen atoms in total. The van der Waals surface area contributed by atoms with Gasteiger partial charge >= 0.3 is 0 Å². The number of aliphatic hydroxyl groups excluding tert-OH is 1. The minimum Gasteiger partial charge on any atom is -0.485 e. The van der Waals surface area contributed by atoms with Gasteiger partial charge in [-0.3, -0.25) is 4.90 Å². The number of hydrogen-bond acceptors (Lipinski definition) is 4. The Balaban J connectivity index is 2.00. The lowest BCUT2D eigenvalue weighted by Crippen LogP contribution is -2.55. The predicted molar refractivity (Wildman–Crippen MR) is 72.3 cm³/mol. The second-order valence-corrected chi connectivity index (χ2v) is 5.78. The van der Waals surface area contributed by atoms with E-state index in [4.69, 9.17) is 9.47 Å². The van der Waals surface area contributed by atoms with Gasteiger partial charge in [-0.2, -0.15) is 0 Å². The van der Waals surface area contributed by atoms with Crippen LogP contribution in [0.2, 0.25) is 0 Å². The molecule has 2 unspecified atom stereocenters. The lowest BCUT2D eigenvalue weighted by Gasteiger charge is -2.47. The lowest BCUT2D eigenvalue weighted by atomic mass is 9.85. The maximum atomic E-state index is 10.7. The van der Waals surface area contributed by atoms with E-state index in [1.807, 2.05) is 38.1 Å². The Morgan fingerprint density at radius 2 is 1.89 bits per heavy atom. The maximum Gasteiger partial charge on any atom is 0.131 e. The van der Waals surface area contributed by atoms with E-state index in [-0.39, 0.29) is 6.04 Å². The number of rotatable bonds is 1. The molecule has 0 spiro atoms. The third-order valence-corrected chi connectivity index (χ3v) is 4.06. The minimum absolute atomic E-state index is 0.0103. The fraction of sp³-hybridized carbons (Fsp3) is 0.600. The second-order valence-electron chi connectivity index (χ2n) is 5.78. The van der Waals surface area contributed by atoms with Gasteiger partial charge in [-0.1, -0.05) is 18.2 Å². The molecule has 4 heteroatoms. The van der Waals surface area contributed by atoms with Crippen LogP contribution in [0.25, 0.3) is 0 Å². The highest BCUT2D eigenvalue weighted by molar-refractivity contribution is 5.40. The molecule has 1 aromatic carbocycles. The Hall–Kier alpha value is -1.10. The normalized spacial score (nSPS) is 30.5. The molecule has 1 fully saturated rings. The molecular formula is C15H21NO3. The van der Waals surface area contributed by atoms with Crippen LogP contribution in [0.5, 0.6) is 5.75 Å². The zero-order valence-electron chi connectivity index (χ0n) is 11.5. The summed E-state index contributed by atoms with van der Waals surface area (Å²) in [7, 11) is 0. The van der Waals surface area contributed by atoms with Crippen molar-refractivity contribution in [1.82, 2.24) is 4.90 Å². The van der Waals surface area contributed by atoms with Crippen LogP contribution >= 0.6 is 0 Å². The van der Waals surface area contributed by atoms with Gasteiger partial charge in [-0.25, -0.2) is 0 Å². The predicted octanol–water partition coefficient (Wildman–Crippen LogP) is 1.59. The number of fused-ring (bicyclic) bond motifs is 1.